The molecule has 24 heavy (non-hydrogen) atoms. The number of hydrogen-bond donors (Lipinski definition) is 2. The number of carbonyl (C=O) groups is 2. The van der Waals surface area contributed by atoms with Gasteiger partial charge in [0.25, 0.3) is 0 Å². The number of alkyl halides is 3. The summed E-state index contributed by atoms with van der Waals surface area (Å²) >= 11 is 1.20. The van der Waals surface area contributed by atoms with Crippen molar-refractivity contribution in [2.24, 2.45) is 0 Å². The second-order valence-electron chi connectivity index (χ2n) is 4.32. The number of halogens is 3. The number of hydrogen-bond acceptors (Lipinski definition) is 8. The molecule has 8 nitrogen and oxygen atoms in total. The fraction of sp³-hybridized carbons (Fsp3) is 0.364. The largest absolute Gasteiger partial charge is 0.445 e. The molecule has 0 aliphatic rings. The van der Waals surface area contributed by atoms with Crippen LogP contribution < -0.4 is 10.6 Å². The number of aromatic nitrogens is 3. The predicted molar refractivity (Wildman–Crippen MR) is 80.7 cm³/mol. The van der Waals surface area contributed by atoms with Gasteiger partial charge >= 0.3 is 6.18 Å². The molecule has 0 bridgehead atoms. The highest BCUT2D eigenvalue weighted by Crippen LogP contribution is 2.32. The first-order valence-electron chi connectivity index (χ1n) is 6.25. The molecule has 0 saturated carbocycles. The maximum atomic E-state index is 12.3. The number of thioether (sulfide) groups is 1. The molecule has 0 spiro atoms. The van der Waals surface area contributed by atoms with Crippen molar-refractivity contribution >= 4 is 45.9 Å². The number of rotatable bonds is 6. The first-order chi connectivity index (χ1) is 11.2. The summed E-state index contributed by atoms with van der Waals surface area (Å²) in [5, 5.41) is 13.0. The van der Waals surface area contributed by atoms with Gasteiger partial charge in [-0.25, -0.2) is 0 Å². The molecule has 0 saturated heterocycles. The summed E-state index contributed by atoms with van der Waals surface area (Å²) in [6.07, 6.45) is -4.60. The lowest BCUT2D eigenvalue weighted by molar-refractivity contribution is -0.138. The average Bonchev–Trinajstić information content (AvgIpc) is 3.07. The van der Waals surface area contributed by atoms with E-state index in [9.17, 15) is 22.8 Å². The smallest absolute Gasteiger partial charge is 0.360 e. The van der Waals surface area contributed by atoms with Crippen LogP contribution in [0, 0.1) is 6.92 Å². The van der Waals surface area contributed by atoms with Crippen LogP contribution in [0.15, 0.2) is 10.6 Å². The summed E-state index contributed by atoms with van der Waals surface area (Å²) in [6, 6.07) is 1.53. The first-order valence-corrected chi connectivity index (χ1v) is 8.22. The molecule has 0 fully saturated rings. The van der Waals surface area contributed by atoms with Gasteiger partial charge in [0.15, 0.2) is 5.82 Å². The molecule has 0 aromatic carbocycles. The van der Waals surface area contributed by atoms with Crippen LogP contribution >= 0.6 is 23.1 Å². The highest BCUT2D eigenvalue weighted by molar-refractivity contribution is 8.00. The minimum Gasteiger partial charge on any atom is -0.360 e. The Labute approximate surface area is 141 Å². The lowest BCUT2D eigenvalue weighted by Gasteiger charge is -2.02. The van der Waals surface area contributed by atoms with Gasteiger partial charge in [0, 0.05) is 6.07 Å². The molecule has 0 aliphatic carbocycles. The molecular weight excluding hydrogens is 371 g/mol. The number of nitrogens with one attached hydrogen (secondary N) is 2. The highest BCUT2D eigenvalue weighted by Gasteiger charge is 2.35. The van der Waals surface area contributed by atoms with Crippen molar-refractivity contribution in [3.05, 3.63) is 16.8 Å². The van der Waals surface area contributed by atoms with Crippen molar-refractivity contribution in [1.82, 2.24) is 15.4 Å². The zero-order valence-electron chi connectivity index (χ0n) is 12.0. The van der Waals surface area contributed by atoms with Crippen molar-refractivity contribution in [2.45, 2.75) is 13.1 Å². The van der Waals surface area contributed by atoms with Crippen molar-refractivity contribution < 1.29 is 27.3 Å². The SMILES string of the molecule is Cc1cc(NC(=O)CSCC(=O)Nc2nnc(C(F)(F)F)s2)no1. The van der Waals surface area contributed by atoms with E-state index in [2.05, 4.69) is 26.0 Å². The third kappa shape index (κ3) is 5.49. The molecule has 2 aromatic heterocycles. The monoisotopic (exact) mass is 381 g/mol. The average molecular weight is 381 g/mol. The standard InChI is InChI=1S/C11H10F3N5O3S2/c1-5-2-6(19-22-5)15-7(20)3-23-4-8(21)16-10-18-17-9(24-10)11(12,13)14/h2H,3-4H2,1H3,(H,15,19,20)(H,16,18,21). The topological polar surface area (TPSA) is 110 Å². The molecule has 2 heterocycles. The van der Waals surface area contributed by atoms with Crippen LogP contribution in [-0.4, -0.2) is 38.7 Å². The van der Waals surface area contributed by atoms with Gasteiger partial charge in [-0.1, -0.05) is 16.5 Å². The zero-order valence-corrected chi connectivity index (χ0v) is 13.6. The van der Waals surface area contributed by atoms with E-state index in [-0.39, 0.29) is 33.8 Å². The number of nitrogens with zero attached hydrogens (tertiary/aromatic N) is 3. The molecule has 2 aromatic rings. The molecule has 13 heteroatoms. The predicted octanol–water partition coefficient (Wildman–Crippen LogP) is 2.16. The lowest BCUT2D eigenvalue weighted by Crippen LogP contribution is -2.18. The Hall–Kier alpha value is -2.15. The van der Waals surface area contributed by atoms with E-state index < -0.39 is 23.0 Å². The molecule has 0 aliphatic heterocycles. The minimum atomic E-state index is -4.60. The van der Waals surface area contributed by atoms with Crippen LogP contribution in [-0.2, 0) is 15.8 Å². The van der Waals surface area contributed by atoms with Gasteiger partial charge in [-0.15, -0.1) is 22.0 Å². The van der Waals surface area contributed by atoms with Crippen LogP contribution in [0.4, 0.5) is 24.1 Å². The maximum absolute atomic E-state index is 12.3. The maximum Gasteiger partial charge on any atom is 0.445 e. The first kappa shape index (κ1) is 18.2. The van der Waals surface area contributed by atoms with E-state index in [1.54, 1.807) is 6.92 Å². The molecule has 2 rings (SSSR count). The summed E-state index contributed by atoms with van der Waals surface area (Å²) in [4.78, 5) is 23.2. The quantitative estimate of drug-likeness (QED) is 0.789. The Kier molecular flexibility index (Phi) is 5.77. The highest BCUT2D eigenvalue weighted by atomic mass is 32.2. The number of aryl methyl sites for hydroxylation is 1. The van der Waals surface area contributed by atoms with E-state index in [1.165, 1.54) is 6.07 Å². The van der Waals surface area contributed by atoms with Gasteiger partial charge in [0.05, 0.1) is 11.5 Å². The van der Waals surface area contributed by atoms with Crippen molar-refractivity contribution in [3.63, 3.8) is 0 Å². The Morgan fingerprint density at radius 2 is 1.92 bits per heavy atom. The second-order valence-corrected chi connectivity index (χ2v) is 6.29. The fourth-order valence-electron chi connectivity index (χ4n) is 1.38. The van der Waals surface area contributed by atoms with Crippen LogP contribution in [0.5, 0.6) is 0 Å². The van der Waals surface area contributed by atoms with E-state index in [0.717, 1.165) is 11.8 Å². The molecule has 2 amide bonds. The minimum absolute atomic E-state index is 0.0384. The second kappa shape index (κ2) is 7.61. The molecular formula is C11H10F3N5O3S2. The van der Waals surface area contributed by atoms with Crippen LogP contribution in [0.1, 0.15) is 10.8 Å². The van der Waals surface area contributed by atoms with E-state index >= 15 is 0 Å². The zero-order chi connectivity index (χ0) is 17.7. The molecule has 0 unspecified atom stereocenters. The van der Waals surface area contributed by atoms with Crippen LogP contribution in [0.25, 0.3) is 0 Å². The lowest BCUT2D eigenvalue weighted by atomic mass is 10.5. The summed E-state index contributed by atoms with van der Waals surface area (Å²) in [6.45, 7) is 1.67. The fourth-order valence-corrected chi connectivity index (χ4v) is 2.63. The Morgan fingerprint density at radius 3 is 2.46 bits per heavy atom. The number of anilines is 2. The third-order valence-electron chi connectivity index (χ3n) is 2.28. The third-order valence-corrected chi connectivity index (χ3v) is 4.09. The summed E-state index contributed by atoms with van der Waals surface area (Å²) in [5.41, 5.74) is 0. The van der Waals surface area contributed by atoms with Gasteiger partial charge in [-0.2, -0.15) is 13.2 Å². The van der Waals surface area contributed by atoms with E-state index in [0.29, 0.717) is 5.76 Å². The molecule has 0 radical (unpaired) electrons. The molecule has 2 N–H and O–H groups in total. The molecule has 0 atom stereocenters. The van der Waals surface area contributed by atoms with Gasteiger partial charge in [0.2, 0.25) is 22.0 Å². The van der Waals surface area contributed by atoms with Crippen LogP contribution in [0.2, 0.25) is 0 Å². The summed E-state index contributed by atoms with van der Waals surface area (Å²) < 4.78 is 41.8. The number of amides is 2. The van der Waals surface area contributed by atoms with E-state index in [1.807, 2.05) is 0 Å². The van der Waals surface area contributed by atoms with Gasteiger partial charge < -0.3 is 9.84 Å². The Morgan fingerprint density at radius 1 is 1.25 bits per heavy atom. The van der Waals surface area contributed by atoms with Crippen LogP contribution in [0.3, 0.4) is 0 Å². The Bertz CT molecular complexity index is 731. The van der Waals surface area contributed by atoms with E-state index in [4.69, 9.17) is 4.52 Å². The van der Waals surface area contributed by atoms with Gasteiger partial charge in [-0.05, 0) is 6.92 Å². The van der Waals surface area contributed by atoms with Crippen molar-refractivity contribution in [2.75, 3.05) is 22.1 Å². The normalized spacial score (nSPS) is 11.3. The molecule has 130 valence electrons. The van der Waals surface area contributed by atoms with Crippen molar-refractivity contribution in [1.29, 1.82) is 0 Å². The summed E-state index contributed by atoms with van der Waals surface area (Å²) in [5.74, 6) is -0.356. The summed E-state index contributed by atoms with van der Waals surface area (Å²) in [7, 11) is 0. The number of carbonyl (C=O) groups excluding carboxylic acids is 2. The van der Waals surface area contributed by atoms with Gasteiger partial charge in [-0.3, -0.25) is 14.9 Å². The van der Waals surface area contributed by atoms with Crippen molar-refractivity contribution in [3.8, 4) is 0 Å². The van der Waals surface area contributed by atoms with Gasteiger partial charge in [0.1, 0.15) is 5.76 Å². The Balaban J connectivity index is 1.71.